The number of fused-ring (bicyclic) bond motifs is 2. The molecule has 0 radical (unpaired) electrons. The van der Waals surface area contributed by atoms with Gasteiger partial charge in [0.2, 0.25) is 0 Å². The maximum Gasteiger partial charge on any atom is 0.413 e. The summed E-state index contributed by atoms with van der Waals surface area (Å²) in [6.07, 6.45) is -1.19. The zero-order chi connectivity index (χ0) is 18.6. The first-order valence-electron chi connectivity index (χ1n) is 7.28. The SMILES string of the molecule is O=C1NC(C2NC(=O)Oc3c(Br)cc(Br)cc32)c2cc(Br)cc(Br)c2O1. The Kier molecular flexibility index (Phi) is 4.79. The Labute approximate surface area is 181 Å². The molecule has 0 saturated heterocycles. The second-order valence-corrected chi connectivity index (χ2v) is 9.18. The van der Waals surface area contributed by atoms with Gasteiger partial charge < -0.3 is 20.1 Å². The molecule has 6 nitrogen and oxygen atoms in total. The van der Waals surface area contributed by atoms with Crippen molar-refractivity contribution in [3.63, 3.8) is 0 Å². The Balaban J connectivity index is 1.90. The smallest absolute Gasteiger partial charge is 0.409 e. The lowest BCUT2D eigenvalue weighted by Gasteiger charge is -2.36. The van der Waals surface area contributed by atoms with E-state index in [1.54, 1.807) is 12.1 Å². The molecular weight excluding hydrogens is 604 g/mol. The molecule has 0 aliphatic carbocycles. The van der Waals surface area contributed by atoms with Gasteiger partial charge in [-0.05, 0) is 56.1 Å². The van der Waals surface area contributed by atoms with Gasteiger partial charge >= 0.3 is 12.2 Å². The van der Waals surface area contributed by atoms with Gasteiger partial charge in [-0.15, -0.1) is 0 Å². The largest absolute Gasteiger partial charge is 0.413 e. The molecule has 2 aliphatic heterocycles. The maximum atomic E-state index is 12.1. The number of nitrogens with one attached hydrogen (secondary N) is 2. The quantitative estimate of drug-likeness (QED) is 0.433. The zero-order valence-corrected chi connectivity index (χ0v) is 19.0. The lowest BCUT2D eigenvalue weighted by molar-refractivity contribution is 0.167. The minimum Gasteiger partial charge on any atom is -0.409 e. The van der Waals surface area contributed by atoms with Gasteiger partial charge in [0, 0.05) is 20.1 Å². The molecule has 2 N–H and O–H groups in total. The third kappa shape index (κ3) is 3.17. The molecule has 0 aromatic heterocycles. The first-order valence-corrected chi connectivity index (χ1v) is 10.5. The fraction of sp³-hybridized carbons (Fsp3) is 0.125. The van der Waals surface area contributed by atoms with Crippen LogP contribution in [0.3, 0.4) is 0 Å². The highest BCUT2D eigenvalue weighted by atomic mass is 79.9. The van der Waals surface area contributed by atoms with Crippen molar-refractivity contribution in [3.8, 4) is 11.5 Å². The van der Waals surface area contributed by atoms with Gasteiger partial charge in [0.25, 0.3) is 0 Å². The van der Waals surface area contributed by atoms with E-state index in [9.17, 15) is 9.59 Å². The Morgan fingerprint density at radius 2 is 1.08 bits per heavy atom. The van der Waals surface area contributed by atoms with E-state index in [4.69, 9.17) is 9.47 Å². The number of halogens is 4. The van der Waals surface area contributed by atoms with Crippen LogP contribution in [0.5, 0.6) is 11.5 Å². The number of hydrogen-bond donors (Lipinski definition) is 2. The van der Waals surface area contributed by atoms with E-state index in [0.29, 0.717) is 20.4 Å². The predicted octanol–water partition coefficient (Wildman–Crippen LogP) is 5.72. The third-order valence-electron chi connectivity index (χ3n) is 4.01. The van der Waals surface area contributed by atoms with Crippen molar-refractivity contribution < 1.29 is 19.1 Å². The van der Waals surface area contributed by atoms with E-state index in [2.05, 4.69) is 74.4 Å². The molecule has 2 heterocycles. The van der Waals surface area contributed by atoms with Gasteiger partial charge in [0.05, 0.1) is 21.0 Å². The minimum atomic E-state index is -0.595. The molecule has 2 atom stereocenters. The van der Waals surface area contributed by atoms with Crippen molar-refractivity contribution in [2.75, 3.05) is 0 Å². The van der Waals surface area contributed by atoms with E-state index in [-0.39, 0.29) is 0 Å². The molecule has 2 amide bonds. The first kappa shape index (κ1) is 18.3. The molecule has 10 heteroatoms. The summed E-state index contributed by atoms with van der Waals surface area (Å²) in [4.78, 5) is 24.2. The van der Waals surface area contributed by atoms with E-state index < -0.39 is 24.3 Å². The van der Waals surface area contributed by atoms with Gasteiger partial charge in [-0.1, -0.05) is 31.9 Å². The van der Waals surface area contributed by atoms with Crippen LogP contribution < -0.4 is 20.1 Å². The summed E-state index contributed by atoms with van der Waals surface area (Å²) >= 11 is 13.7. The highest BCUT2D eigenvalue weighted by molar-refractivity contribution is 9.11. The number of hydrogen-bond acceptors (Lipinski definition) is 4. The van der Waals surface area contributed by atoms with Crippen LogP contribution in [0.2, 0.25) is 0 Å². The van der Waals surface area contributed by atoms with Crippen LogP contribution >= 0.6 is 63.7 Å². The Morgan fingerprint density at radius 1 is 0.692 bits per heavy atom. The van der Waals surface area contributed by atoms with Crippen LogP contribution in [0.25, 0.3) is 0 Å². The molecule has 26 heavy (non-hydrogen) atoms. The van der Waals surface area contributed by atoms with Crippen molar-refractivity contribution >= 4 is 75.9 Å². The van der Waals surface area contributed by atoms with Gasteiger partial charge in [-0.3, -0.25) is 0 Å². The molecular formula is C16H8Br4N2O4. The topological polar surface area (TPSA) is 76.7 Å². The van der Waals surface area contributed by atoms with Gasteiger partial charge in [0.15, 0.2) is 11.5 Å². The highest BCUT2D eigenvalue weighted by Gasteiger charge is 2.40. The molecule has 0 fully saturated rings. The summed E-state index contributed by atoms with van der Waals surface area (Å²) in [6, 6.07) is 6.17. The second-order valence-electron chi connectivity index (χ2n) is 5.63. The summed E-state index contributed by atoms with van der Waals surface area (Å²) in [6.45, 7) is 0. The molecule has 2 aromatic rings. The summed E-state index contributed by atoms with van der Waals surface area (Å²) in [5, 5.41) is 5.59. The average molecular weight is 612 g/mol. The summed E-state index contributed by atoms with van der Waals surface area (Å²) in [5.74, 6) is 0.830. The Morgan fingerprint density at radius 3 is 1.46 bits per heavy atom. The molecule has 2 aromatic carbocycles. The molecule has 134 valence electrons. The fourth-order valence-corrected chi connectivity index (χ4v) is 5.70. The molecule has 4 rings (SSSR count). The number of amides is 2. The second kappa shape index (κ2) is 6.81. The predicted molar refractivity (Wildman–Crippen MR) is 107 cm³/mol. The highest BCUT2D eigenvalue weighted by Crippen LogP contribution is 2.47. The molecule has 0 spiro atoms. The van der Waals surface area contributed by atoms with Crippen LogP contribution in [0, 0.1) is 0 Å². The fourth-order valence-electron chi connectivity index (χ4n) is 3.02. The van der Waals surface area contributed by atoms with E-state index in [1.807, 2.05) is 12.1 Å². The molecule has 2 unspecified atom stereocenters. The van der Waals surface area contributed by atoms with Crippen LogP contribution in [0.1, 0.15) is 23.2 Å². The number of carbonyl (C=O) groups excluding carboxylic acids is 2. The molecule has 0 bridgehead atoms. The lowest BCUT2D eigenvalue weighted by Crippen LogP contribution is -2.47. The van der Waals surface area contributed by atoms with Crippen molar-refractivity contribution in [2.24, 2.45) is 0 Å². The van der Waals surface area contributed by atoms with Crippen molar-refractivity contribution in [2.45, 2.75) is 12.1 Å². The zero-order valence-electron chi connectivity index (χ0n) is 12.6. The summed E-state index contributed by atoms with van der Waals surface area (Å²) in [5.41, 5.74) is 1.44. The minimum absolute atomic E-state index is 0.415. The van der Waals surface area contributed by atoms with Crippen LogP contribution in [0.15, 0.2) is 42.2 Å². The number of carbonyl (C=O) groups is 2. The maximum absolute atomic E-state index is 12.1. The molecule has 2 aliphatic rings. The first-order chi connectivity index (χ1) is 12.3. The average Bonchev–Trinajstić information content (AvgIpc) is 2.55. The van der Waals surface area contributed by atoms with E-state index >= 15 is 0 Å². The number of benzene rings is 2. The van der Waals surface area contributed by atoms with Gasteiger partial charge in [-0.2, -0.15) is 0 Å². The normalized spacial score (nSPS) is 20.9. The number of ether oxygens (including phenoxy) is 2. The van der Waals surface area contributed by atoms with Crippen molar-refractivity contribution in [1.82, 2.24) is 10.6 Å². The standard InChI is InChI=1S/C16H8Br4N2O4/c17-5-1-7-11(21-15(23)25-13(7)9(19)3-5)12-8-2-6(18)4-10(20)14(8)26-16(24)22-12/h1-4,11-12H,(H,21,23)(H,22,24). The van der Waals surface area contributed by atoms with E-state index in [1.165, 1.54) is 0 Å². The van der Waals surface area contributed by atoms with Gasteiger partial charge in [0.1, 0.15) is 0 Å². The summed E-state index contributed by atoms with van der Waals surface area (Å²) in [7, 11) is 0. The molecule has 0 saturated carbocycles. The van der Waals surface area contributed by atoms with Crippen LogP contribution in [-0.4, -0.2) is 12.2 Å². The monoisotopic (exact) mass is 608 g/mol. The summed E-state index contributed by atoms with van der Waals surface area (Å²) < 4.78 is 13.5. The van der Waals surface area contributed by atoms with Crippen molar-refractivity contribution in [3.05, 3.63) is 53.3 Å². The third-order valence-corrected chi connectivity index (χ3v) is 6.11. The Hall–Kier alpha value is -1.10. The van der Waals surface area contributed by atoms with Crippen LogP contribution in [0.4, 0.5) is 9.59 Å². The lowest BCUT2D eigenvalue weighted by atomic mass is 9.91. The van der Waals surface area contributed by atoms with Crippen LogP contribution in [-0.2, 0) is 0 Å². The van der Waals surface area contributed by atoms with Gasteiger partial charge in [-0.25, -0.2) is 9.59 Å². The van der Waals surface area contributed by atoms with Crippen molar-refractivity contribution in [1.29, 1.82) is 0 Å². The number of rotatable bonds is 1. The Bertz CT molecular complexity index is 888. The van der Waals surface area contributed by atoms with E-state index in [0.717, 1.165) is 20.1 Å².